The highest BCUT2D eigenvalue weighted by molar-refractivity contribution is 9.10. The normalized spacial score (nSPS) is 16.2. The molecule has 2 rings (SSSR count). The minimum atomic E-state index is 0.702. The van der Waals surface area contributed by atoms with Crippen molar-refractivity contribution in [3.8, 4) is 5.75 Å². The van der Waals surface area contributed by atoms with Gasteiger partial charge in [-0.25, -0.2) is 0 Å². The zero-order valence-electron chi connectivity index (χ0n) is 11.8. The van der Waals surface area contributed by atoms with Gasteiger partial charge in [-0.2, -0.15) is 0 Å². The summed E-state index contributed by atoms with van der Waals surface area (Å²) in [6, 6.07) is 7.94. The Kier molecular flexibility index (Phi) is 7.36. The van der Waals surface area contributed by atoms with Gasteiger partial charge in [-0.1, -0.05) is 22.0 Å². The van der Waals surface area contributed by atoms with E-state index in [1.165, 1.54) is 6.42 Å². The Morgan fingerprint density at radius 1 is 1.25 bits per heavy atom. The first kappa shape index (κ1) is 15.8. The van der Waals surface area contributed by atoms with Crippen molar-refractivity contribution in [2.75, 3.05) is 52.5 Å². The van der Waals surface area contributed by atoms with E-state index in [-0.39, 0.29) is 0 Å². The summed E-state index contributed by atoms with van der Waals surface area (Å²) < 4.78 is 12.0. The number of hydrogen-bond donors (Lipinski definition) is 1. The molecule has 0 saturated carbocycles. The molecule has 0 bridgehead atoms. The predicted octanol–water partition coefficient (Wildman–Crippen LogP) is 2.14. The van der Waals surface area contributed by atoms with Gasteiger partial charge in [0.1, 0.15) is 12.4 Å². The van der Waals surface area contributed by atoms with Gasteiger partial charge in [0.2, 0.25) is 0 Å². The Bertz CT molecular complexity index is 384. The zero-order valence-corrected chi connectivity index (χ0v) is 13.4. The van der Waals surface area contributed by atoms with Crippen molar-refractivity contribution in [1.82, 2.24) is 10.2 Å². The maximum Gasteiger partial charge on any atom is 0.120 e. The van der Waals surface area contributed by atoms with Crippen molar-refractivity contribution in [3.05, 3.63) is 28.7 Å². The lowest BCUT2D eigenvalue weighted by molar-refractivity contribution is 0.0374. The molecule has 0 atom stereocenters. The first-order valence-corrected chi connectivity index (χ1v) is 8.03. The standard InChI is InChI=1S/C15H23BrN2O2/c16-14-3-1-4-15(13-14)20-10-6-17-5-2-7-18-8-11-19-12-9-18/h1,3-4,13,17H,2,5-12H2. The summed E-state index contributed by atoms with van der Waals surface area (Å²) in [7, 11) is 0. The molecule has 1 heterocycles. The number of ether oxygens (including phenoxy) is 2. The number of nitrogens with zero attached hydrogens (tertiary/aromatic N) is 1. The molecule has 1 aromatic rings. The second-order valence-corrected chi connectivity index (χ2v) is 5.78. The van der Waals surface area contributed by atoms with Crippen molar-refractivity contribution in [1.29, 1.82) is 0 Å². The van der Waals surface area contributed by atoms with Crippen molar-refractivity contribution in [2.45, 2.75) is 6.42 Å². The summed E-state index contributed by atoms with van der Waals surface area (Å²) in [4.78, 5) is 2.46. The molecule has 0 unspecified atom stereocenters. The van der Waals surface area contributed by atoms with Crippen molar-refractivity contribution >= 4 is 15.9 Å². The van der Waals surface area contributed by atoms with Crippen LogP contribution in [0, 0.1) is 0 Å². The quantitative estimate of drug-likeness (QED) is 0.734. The molecule has 1 fully saturated rings. The van der Waals surface area contributed by atoms with Crippen molar-refractivity contribution < 1.29 is 9.47 Å². The number of morpholine rings is 1. The van der Waals surface area contributed by atoms with Gasteiger partial charge in [-0.3, -0.25) is 4.90 Å². The SMILES string of the molecule is Brc1cccc(OCCNCCCN2CCOCC2)c1. The molecular formula is C15H23BrN2O2. The van der Waals surface area contributed by atoms with Crippen LogP contribution in [0.1, 0.15) is 6.42 Å². The lowest BCUT2D eigenvalue weighted by Gasteiger charge is -2.26. The maximum atomic E-state index is 5.66. The van der Waals surface area contributed by atoms with Crippen LogP contribution in [0.2, 0.25) is 0 Å². The molecule has 112 valence electrons. The topological polar surface area (TPSA) is 33.7 Å². The third-order valence-electron chi connectivity index (χ3n) is 3.28. The van der Waals surface area contributed by atoms with E-state index < -0.39 is 0 Å². The molecule has 1 saturated heterocycles. The second kappa shape index (κ2) is 9.34. The predicted molar refractivity (Wildman–Crippen MR) is 84.4 cm³/mol. The van der Waals surface area contributed by atoms with Crippen LogP contribution in [0.15, 0.2) is 28.7 Å². The molecule has 0 spiro atoms. The molecule has 1 N–H and O–H groups in total. The van der Waals surface area contributed by atoms with Gasteiger partial charge in [0.25, 0.3) is 0 Å². The summed E-state index contributed by atoms with van der Waals surface area (Å²) >= 11 is 3.43. The summed E-state index contributed by atoms with van der Waals surface area (Å²) in [5.41, 5.74) is 0. The molecule has 0 amide bonds. The zero-order chi connectivity index (χ0) is 14.0. The molecule has 1 aliphatic rings. The first-order valence-electron chi connectivity index (χ1n) is 7.24. The lowest BCUT2D eigenvalue weighted by Crippen LogP contribution is -2.37. The van der Waals surface area contributed by atoms with Crippen LogP contribution in [-0.4, -0.2) is 57.4 Å². The maximum absolute atomic E-state index is 5.66. The molecule has 0 radical (unpaired) electrons. The van der Waals surface area contributed by atoms with E-state index in [0.717, 1.165) is 56.2 Å². The van der Waals surface area contributed by atoms with E-state index in [2.05, 4.69) is 26.1 Å². The molecule has 1 aromatic carbocycles. The van der Waals surface area contributed by atoms with Gasteiger partial charge in [0, 0.05) is 24.1 Å². The fourth-order valence-corrected chi connectivity index (χ4v) is 2.55. The molecule has 0 aromatic heterocycles. The Labute approximate surface area is 129 Å². The van der Waals surface area contributed by atoms with Crippen molar-refractivity contribution in [3.63, 3.8) is 0 Å². The average molecular weight is 343 g/mol. The van der Waals surface area contributed by atoms with Crippen LogP contribution >= 0.6 is 15.9 Å². The van der Waals surface area contributed by atoms with Gasteiger partial charge in [-0.15, -0.1) is 0 Å². The Morgan fingerprint density at radius 2 is 2.10 bits per heavy atom. The van der Waals surface area contributed by atoms with E-state index in [9.17, 15) is 0 Å². The van der Waals surface area contributed by atoms with Gasteiger partial charge in [0.15, 0.2) is 0 Å². The first-order chi connectivity index (χ1) is 9.84. The summed E-state index contributed by atoms with van der Waals surface area (Å²) in [5.74, 6) is 0.912. The fourth-order valence-electron chi connectivity index (χ4n) is 2.18. The number of hydrogen-bond acceptors (Lipinski definition) is 4. The van der Waals surface area contributed by atoms with Crippen LogP contribution in [0.25, 0.3) is 0 Å². The number of nitrogens with one attached hydrogen (secondary N) is 1. The van der Waals surface area contributed by atoms with Gasteiger partial charge >= 0.3 is 0 Å². The average Bonchev–Trinajstić information content (AvgIpc) is 2.47. The van der Waals surface area contributed by atoms with E-state index in [0.29, 0.717) is 6.61 Å². The minimum Gasteiger partial charge on any atom is -0.492 e. The van der Waals surface area contributed by atoms with Crippen molar-refractivity contribution in [2.24, 2.45) is 0 Å². The van der Waals surface area contributed by atoms with Crippen LogP contribution < -0.4 is 10.1 Å². The lowest BCUT2D eigenvalue weighted by atomic mass is 10.3. The molecule has 0 aliphatic carbocycles. The Balaban J connectivity index is 1.45. The molecular weight excluding hydrogens is 320 g/mol. The highest BCUT2D eigenvalue weighted by atomic mass is 79.9. The van der Waals surface area contributed by atoms with E-state index in [1.54, 1.807) is 0 Å². The number of rotatable bonds is 8. The monoisotopic (exact) mass is 342 g/mol. The summed E-state index contributed by atoms with van der Waals surface area (Å²) in [6.07, 6.45) is 1.18. The molecule has 5 heteroatoms. The fraction of sp³-hybridized carbons (Fsp3) is 0.600. The third kappa shape index (κ3) is 6.22. The Morgan fingerprint density at radius 3 is 2.90 bits per heavy atom. The van der Waals surface area contributed by atoms with E-state index >= 15 is 0 Å². The minimum absolute atomic E-state index is 0.702. The highest BCUT2D eigenvalue weighted by Crippen LogP contribution is 2.17. The van der Waals surface area contributed by atoms with Crippen LogP contribution in [0.5, 0.6) is 5.75 Å². The number of benzene rings is 1. The molecule has 1 aliphatic heterocycles. The summed E-state index contributed by atoms with van der Waals surface area (Å²) in [6.45, 7) is 7.70. The van der Waals surface area contributed by atoms with Gasteiger partial charge < -0.3 is 14.8 Å². The highest BCUT2D eigenvalue weighted by Gasteiger charge is 2.08. The van der Waals surface area contributed by atoms with Crippen LogP contribution in [-0.2, 0) is 4.74 Å². The number of halogens is 1. The van der Waals surface area contributed by atoms with E-state index in [4.69, 9.17) is 9.47 Å². The van der Waals surface area contributed by atoms with Crippen LogP contribution in [0.4, 0.5) is 0 Å². The van der Waals surface area contributed by atoms with E-state index in [1.807, 2.05) is 24.3 Å². The Hall–Kier alpha value is -0.620. The summed E-state index contributed by atoms with van der Waals surface area (Å²) in [5, 5.41) is 3.42. The van der Waals surface area contributed by atoms with Gasteiger partial charge in [0.05, 0.1) is 13.2 Å². The van der Waals surface area contributed by atoms with Crippen LogP contribution in [0.3, 0.4) is 0 Å². The third-order valence-corrected chi connectivity index (χ3v) is 3.77. The molecule has 4 nitrogen and oxygen atoms in total. The second-order valence-electron chi connectivity index (χ2n) is 4.86. The smallest absolute Gasteiger partial charge is 0.120 e. The van der Waals surface area contributed by atoms with Gasteiger partial charge in [-0.05, 0) is 37.7 Å². The largest absolute Gasteiger partial charge is 0.492 e. The molecule has 20 heavy (non-hydrogen) atoms.